The van der Waals surface area contributed by atoms with Crippen LogP contribution in [0, 0.1) is 0 Å². The van der Waals surface area contributed by atoms with Crippen LogP contribution in [0.3, 0.4) is 0 Å². The van der Waals surface area contributed by atoms with E-state index in [1.807, 2.05) is 59.7 Å². The van der Waals surface area contributed by atoms with E-state index in [1.165, 1.54) is 0 Å². The van der Waals surface area contributed by atoms with Gasteiger partial charge in [0.05, 0.1) is 37.5 Å². The highest BCUT2D eigenvalue weighted by molar-refractivity contribution is 5.89. The zero-order chi connectivity index (χ0) is 22.7. The van der Waals surface area contributed by atoms with E-state index in [9.17, 15) is 4.79 Å². The summed E-state index contributed by atoms with van der Waals surface area (Å²) in [6.07, 6.45) is 2.93. The number of benzene rings is 3. The van der Waals surface area contributed by atoms with E-state index in [1.54, 1.807) is 12.1 Å². The van der Waals surface area contributed by atoms with Crippen molar-refractivity contribution in [2.75, 3.05) is 13.2 Å². The third kappa shape index (κ3) is 6.99. The Bertz CT molecular complexity index is 965. The van der Waals surface area contributed by atoms with Crippen molar-refractivity contribution in [1.29, 1.82) is 0 Å². The lowest BCUT2D eigenvalue weighted by atomic mass is 9.98. The summed E-state index contributed by atoms with van der Waals surface area (Å²) >= 11 is 0. The van der Waals surface area contributed by atoms with Gasteiger partial charge in [-0.1, -0.05) is 78.9 Å². The zero-order valence-electron chi connectivity index (χ0n) is 18.8. The number of hydrogen-bond acceptors (Lipinski definition) is 5. The van der Waals surface area contributed by atoms with Crippen LogP contribution in [0.25, 0.3) is 0 Å². The fourth-order valence-corrected chi connectivity index (χ4v) is 4.11. The lowest BCUT2D eigenvalue weighted by Crippen LogP contribution is -2.50. The number of piperidine rings is 1. The molecule has 1 heterocycles. The third-order valence-electron chi connectivity index (χ3n) is 5.86. The van der Waals surface area contributed by atoms with E-state index >= 15 is 0 Å². The Hall–Kier alpha value is -2.99. The number of nitrogens with zero attached hydrogens (tertiary/aromatic N) is 1. The summed E-state index contributed by atoms with van der Waals surface area (Å²) in [7, 11) is 0. The Morgan fingerprint density at radius 3 is 1.91 bits per heavy atom. The molecule has 2 unspecified atom stereocenters. The first-order chi connectivity index (χ1) is 16.3. The lowest BCUT2D eigenvalue weighted by molar-refractivity contribution is -0.248. The minimum Gasteiger partial charge on any atom is -0.460 e. The number of carbonyl (C=O) groups is 1. The van der Waals surface area contributed by atoms with E-state index in [2.05, 4.69) is 24.3 Å². The van der Waals surface area contributed by atoms with Crippen LogP contribution in [0.2, 0.25) is 0 Å². The molecule has 2 atom stereocenters. The molecule has 0 N–H and O–H groups in total. The molecule has 3 aromatic rings. The molecule has 1 aliphatic rings. The summed E-state index contributed by atoms with van der Waals surface area (Å²) < 4.78 is 11.7. The van der Waals surface area contributed by atoms with Crippen LogP contribution < -0.4 is 0 Å². The highest BCUT2D eigenvalue weighted by Crippen LogP contribution is 2.25. The van der Waals surface area contributed by atoms with Gasteiger partial charge in [0.15, 0.2) is 0 Å². The summed E-state index contributed by atoms with van der Waals surface area (Å²) in [5, 5.41) is 2.01. The van der Waals surface area contributed by atoms with Crippen molar-refractivity contribution < 1.29 is 19.1 Å². The third-order valence-corrected chi connectivity index (χ3v) is 5.86. The molecule has 3 aromatic carbocycles. The summed E-state index contributed by atoms with van der Waals surface area (Å²) in [5.74, 6) is -0.305. The smallest absolute Gasteiger partial charge is 0.338 e. The number of esters is 1. The van der Waals surface area contributed by atoms with E-state index in [0.29, 0.717) is 25.4 Å². The van der Waals surface area contributed by atoms with Crippen molar-refractivity contribution in [2.45, 2.75) is 44.6 Å². The number of hydroxylamine groups is 2. The predicted molar refractivity (Wildman–Crippen MR) is 127 cm³/mol. The second-order valence-corrected chi connectivity index (χ2v) is 8.32. The first kappa shape index (κ1) is 23.2. The molecular formula is C28H31NO4. The van der Waals surface area contributed by atoms with Gasteiger partial charge in [-0.2, -0.15) is 5.06 Å². The van der Waals surface area contributed by atoms with Gasteiger partial charge in [0, 0.05) is 0 Å². The molecule has 5 heteroatoms. The number of ether oxygens (including phenoxy) is 2. The highest BCUT2D eigenvalue weighted by atomic mass is 16.7. The molecule has 0 amide bonds. The maximum absolute atomic E-state index is 12.5. The summed E-state index contributed by atoms with van der Waals surface area (Å²) in [6, 6.07) is 29.5. The normalized spacial score (nSPS) is 18.7. The van der Waals surface area contributed by atoms with E-state index < -0.39 is 0 Å². The van der Waals surface area contributed by atoms with Gasteiger partial charge in [-0.25, -0.2) is 4.79 Å². The summed E-state index contributed by atoms with van der Waals surface area (Å²) in [4.78, 5) is 18.8. The first-order valence-electron chi connectivity index (χ1n) is 11.6. The largest absolute Gasteiger partial charge is 0.460 e. The molecule has 1 aliphatic heterocycles. The molecular weight excluding hydrogens is 414 g/mol. The van der Waals surface area contributed by atoms with Crippen LogP contribution in [-0.2, 0) is 27.5 Å². The van der Waals surface area contributed by atoms with Gasteiger partial charge >= 0.3 is 5.97 Å². The van der Waals surface area contributed by atoms with E-state index in [0.717, 1.165) is 30.4 Å². The van der Waals surface area contributed by atoms with Crippen LogP contribution in [0.4, 0.5) is 0 Å². The summed E-state index contributed by atoms with van der Waals surface area (Å²) in [6.45, 7) is 1.89. The monoisotopic (exact) mass is 445 g/mol. The maximum Gasteiger partial charge on any atom is 0.338 e. The molecule has 1 fully saturated rings. The molecule has 0 bridgehead atoms. The summed E-state index contributed by atoms with van der Waals surface area (Å²) in [5.41, 5.74) is 2.82. The number of rotatable bonds is 10. The number of carbonyl (C=O) groups excluding carboxylic acids is 1. The van der Waals surface area contributed by atoms with Crippen LogP contribution in [-0.4, -0.2) is 36.3 Å². The average molecular weight is 446 g/mol. The first-order valence-corrected chi connectivity index (χ1v) is 11.6. The second-order valence-electron chi connectivity index (χ2n) is 8.32. The molecule has 5 nitrogen and oxygen atoms in total. The number of hydrogen-bond donors (Lipinski definition) is 0. The van der Waals surface area contributed by atoms with Crippen molar-refractivity contribution in [3.63, 3.8) is 0 Å². The van der Waals surface area contributed by atoms with Gasteiger partial charge in [-0.05, 0) is 42.5 Å². The molecule has 4 rings (SSSR count). The SMILES string of the molecule is O=C(OCC1CCCC(COCc2ccccc2)N1OCc1ccccc1)c1ccccc1. The Morgan fingerprint density at radius 2 is 1.27 bits per heavy atom. The minimum absolute atomic E-state index is 0.0135. The van der Waals surface area contributed by atoms with Crippen LogP contribution in [0.1, 0.15) is 40.7 Å². The molecule has 0 aliphatic carbocycles. The van der Waals surface area contributed by atoms with Crippen molar-refractivity contribution in [3.05, 3.63) is 108 Å². The molecule has 0 aromatic heterocycles. The Kier molecular flexibility index (Phi) is 8.64. The highest BCUT2D eigenvalue weighted by Gasteiger charge is 2.33. The van der Waals surface area contributed by atoms with Crippen LogP contribution in [0.5, 0.6) is 0 Å². The van der Waals surface area contributed by atoms with Crippen LogP contribution >= 0.6 is 0 Å². The van der Waals surface area contributed by atoms with Gasteiger partial charge in [0.1, 0.15) is 6.61 Å². The van der Waals surface area contributed by atoms with E-state index in [-0.39, 0.29) is 24.7 Å². The topological polar surface area (TPSA) is 48.0 Å². The fraction of sp³-hybridized carbons (Fsp3) is 0.321. The predicted octanol–water partition coefficient (Wildman–Crippen LogP) is 5.42. The average Bonchev–Trinajstić information content (AvgIpc) is 2.88. The van der Waals surface area contributed by atoms with Gasteiger partial charge in [-0.3, -0.25) is 4.84 Å². The minimum atomic E-state index is -0.305. The van der Waals surface area contributed by atoms with E-state index in [4.69, 9.17) is 14.3 Å². The van der Waals surface area contributed by atoms with Gasteiger partial charge in [0.2, 0.25) is 0 Å². The standard InChI is InChI=1S/C28H31NO4/c30-28(25-15-8-3-9-16-25)32-22-27-18-10-17-26(21-31-19-23-11-4-1-5-12-23)29(27)33-20-24-13-6-2-7-14-24/h1-9,11-16,26-27H,10,17-22H2. The molecule has 1 saturated heterocycles. The van der Waals surface area contributed by atoms with Gasteiger partial charge in [0.25, 0.3) is 0 Å². The fourth-order valence-electron chi connectivity index (χ4n) is 4.11. The molecule has 33 heavy (non-hydrogen) atoms. The molecule has 0 saturated carbocycles. The van der Waals surface area contributed by atoms with Crippen molar-refractivity contribution in [3.8, 4) is 0 Å². The van der Waals surface area contributed by atoms with Gasteiger partial charge in [-0.15, -0.1) is 0 Å². The lowest BCUT2D eigenvalue weighted by Gasteiger charge is -2.40. The molecule has 0 radical (unpaired) electrons. The van der Waals surface area contributed by atoms with Crippen molar-refractivity contribution >= 4 is 5.97 Å². The Labute approximate surface area is 195 Å². The van der Waals surface area contributed by atoms with Crippen molar-refractivity contribution in [2.24, 2.45) is 0 Å². The zero-order valence-corrected chi connectivity index (χ0v) is 18.8. The molecule has 172 valence electrons. The maximum atomic E-state index is 12.5. The van der Waals surface area contributed by atoms with Crippen LogP contribution in [0.15, 0.2) is 91.0 Å². The Balaban J connectivity index is 1.38. The second kappa shape index (κ2) is 12.3. The van der Waals surface area contributed by atoms with Gasteiger partial charge < -0.3 is 9.47 Å². The van der Waals surface area contributed by atoms with Crippen molar-refractivity contribution in [1.82, 2.24) is 5.06 Å². The molecule has 0 spiro atoms. The Morgan fingerprint density at radius 1 is 0.727 bits per heavy atom. The quantitative estimate of drug-likeness (QED) is 0.390.